The number of carbonyl (C=O) groups is 3. The minimum atomic E-state index is -0.487. The summed E-state index contributed by atoms with van der Waals surface area (Å²) in [5.74, 6) is 4.08. The smallest absolute Gasteiger partial charge is 0.201 e. The lowest BCUT2D eigenvalue weighted by Gasteiger charge is -2.48. The molecule has 8 unspecified atom stereocenters. The predicted octanol–water partition coefficient (Wildman–Crippen LogP) is 21.9. The molecule has 0 radical (unpaired) electrons. The highest BCUT2D eigenvalue weighted by atomic mass is 35.5. The first kappa shape index (κ1) is 86.6. The third-order valence-electron chi connectivity index (χ3n) is 34.6. The van der Waals surface area contributed by atoms with E-state index in [1.54, 1.807) is 0 Å². The van der Waals surface area contributed by atoms with Crippen LogP contribution in [0.5, 0.6) is 0 Å². The molecule has 0 bridgehead atoms. The molecule has 12 aromatic rings. The Morgan fingerprint density at radius 3 is 1.24 bits per heavy atom. The van der Waals surface area contributed by atoms with Crippen LogP contribution in [0.15, 0.2) is 178 Å². The molecule has 29 rings (SSSR count). The quantitative estimate of drug-likeness (QED) is 0.0783. The monoisotopic (exact) mass is 1900 g/mol. The van der Waals surface area contributed by atoms with Crippen molar-refractivity contribution in [1.82, 2.24) is 0 Å². The first-order valence-electron chi connectivity index (χ1n) is 51.4. The molecule has 12 N–H and O–H groups in total. The van der Waals surface area contributed by atoms with Gasteiger partial charge in [-0.05, 0) is 255 Å². The average Bonchev–Trinajstić information content (AvgIpc) is 0.737. The average molecular weight is 1900 g/mol. The van der Waals surface area contributed by atoms with Crippen LogP contribution in [-0.4, -0.2) is 93.1 Å². The van der Waals surface area contributed by atoms with Crippen molar-refractivity contribution in [1.29, 1.82) is 0 Å². The fraction of sp³-hybridized carbons (Fsp3) is 0.390. The number of aliphatic hydroxyl groups is 3. The van der Waals surface area contributed by atoms with Gasteiger partial charge in [-0.2, -0.15) is 0 Å². The van der Waals surface area contributed by atoms with Gasteiger partial charge in [-0.3, -0.25) is 29.4 Å². The van der Waals surface area contributed by atoms with Crippen molar-refractivity contribution in [2.75, 3.05) is 74.3 Å². The number of aryl methyl sites for hydroxylation is 4. The van der Waals surface area contributed by atoms with E-state index in [2.05, 4.69) is 164 Å². The third-order valence-corrected chi connectivity index (χ3v) is 35.3. The summed E-state index contributed by atoms with van der Waals surface area (Å²) in [6, 6.07) is 49.5. The molecule has 20 nitrogen and oxygen atoms in total. The predicted molar refractivity (Wildman–Crippen MR) is 563 cm³/mol. The third kappa shape index (κ3) is 13.1. The van der Waals surface area contributed by atoms with Gasteiger partial charge in [0.05, 0.1) is 93.0 Å². The van der Waals surface area contributed by atoms with E-state index in [0.717, 1.165) is 241 Å². The molecule has 4 saturated carbocycles. The van der Waals surface area contributed by atoms with Crippen molar-refractivity contribution < 1.29 is 39.2 Å². The van der Waals surface area contributed by atoms with Gasteiger partial charge in [0.15, 0.2) is 0 Å². The highest BCUT2D eigenvalue weighted by Crippen LogP contribution is 2.58. The van der Waals surface area contributed by atoms with Crippen LogP contribution in [0.4, 0.5) is 51.2 Å². The van der Waals surface area contributed by atoms with E-state index in [0.29, 0.717) is 133 Å². The number of Topliss-reactive ketones (excluding diaryl/α,β-unsaturated/α-hetero) is 3. The summed E-state index contributed by atoms with van der Waals surface area (Å²) in [6.07, 6.45) is 19.4. The standard InChI is InChI=1S/C44H46N4O2.C40H40Cl2N4O2.C34H30N4O4/c1-21-13-22(2)18-43(17-21)45-31-11-9-25-5-7-27-15-29(39(47-43)37(31)33(25)27)35-41(49)36(42(35)50)30-16-28-8-6-26-10-12-32-38(34(26)28)40(30)48-44(46-32)19-23(3)14-24(4)20-44;1-19-13-20(2)16-39(15-19)43-29-11-9-27(41)23-5-7-25(35(45-39)31(23)29)33-37(47)34(38(33)48)26-8-6-24-28(42)10-12-30-32(24)36(26)46-40(44-30)17-21(3)14-22(4)18-40;39-31-27(21-9-7-19-3-1-5-23-25(19)29(21)37-33(35-23)11-15-41-16-12-33)32(40)28(31)22-10-8-20-4-2-6-24-26(20)30(22)38-34(36-24)13-17-42-18-14-34/h9-12,15-16,21-24,45-47,49H,5-8,13-14,17-20H2,1-4H3;5-12,19-22,43-45,47H,13-18H2,1-4H3;1-10,35-37,39H,11-18H2/b36-30+;34-26+;. The molecule has 710 valence electrons. The van der Waals surface area contributed by atoms with E-state index in [1.165, 1.54) is 57.7 Å². The molecule has 2 saturated heterocycles. The van der Waals surface area contributed by atoms with Crippen molar-refractivity contribution in [2.24, 2.45) is 62.3 Å². The number of ether oxygens (including phenoxy) is 2. The minimum absolute atomic E-state index is 0.00582. The van der Waals surface area contributed by atoms with E-state index in [9.17, 15) is 29.7 Å². The highest BCUT2D eigenvalue weighted by Gasteiger charge is 2.52. The molecular formula is C118H116Cl2N12O8. The zero-order valence-corrected chi connectivity index (χ0v) is 81.9. The highest BCUT2D eigenvalue weighted by molar-refractivity contribution is 6.54. The number of hydrogen-bond donors (Lipinski definition) is 12. The topological polar surface area (TPSA) is 276 Å². The van der Waals surface area contributed by atoms with Crippen LogP contribution in [-0.2, 0) is 49.5 Å². The van der Waals surface area contributed by atoms with Gasteiger partial charge in [-0.15, -0.1) is 0 Å². The number of allylic oxidation sites excluding steroid dienone is 6. The number of hydrogen-bond acceptors (Lipinski definition) is 20. The number of ketones is 3. The maximum Gasteiger partial charge on any atom is 0.201 e. The largest absolute Gasteiger partial charge is 0.506 e. The van der Waals surface area contributed by atoms with Crippen LogP contribution < -0.4 is 79.6 Å². The van der Waals surface area contributed by atoms with Crippen LogP contribution in [0.3, 0.4) is 0 Å². The van der Waals surface area contributed by atoms with Crippen molar-refractivity contribution in [3.8, 4) is 0 Å². The molecule has 8 aliphatic heterocycles. The second-order valence-corrected chi connectivity index (χ2v) is 46.2. The zero-order valence-electron chi connectivity index (χ0n) is 80.4. The Morgan fingerprint density at radius 2 is 0.679 bits per heavy atom. The Bertz CT molecular complexity index is 8210. The fourth-order valence-electron chi connectivity index (χ4n) is 29.8. The fourth-order valence-corrected chi connectivity index (χ4v) is 30.3. The summed E-state index contributed by atoms with van der Waals surface area (Å²) >= 11 is 13.4. The molecule has 8 atom stereocenters. The Kier molecular flexibility index (Phi) is 19.2. The van der Waals surface area contributed by atoms with Gasteiger partial charge in [0.25, 0.3) is 0 Å². The van der Waals surface area contributed by atoms with Gasteiger partial charge in [0.2, 0.25) is 17.3 Å². The molecule has 12 aromatic carbocycles. The molecule has 0 aromatic heterocycles. The summed E-state index contributed by atoms with van der Waals surface area (Å²) < 4.78 is 11.3. The van der Waals surface area contributed by atoms with Crippen LogP contribution >= 0.6 is 23.2 Å². The van der Waals surface area contributed by atoms with Crippen LogP contribution in [0, 0.1) is 47.3 Å². The van der Waals surface area contributed by atoms with Crippen molar-refractivity contribution in [3.05, 3.63) is 244 Å². The lowest BCUT2D eigenvalue weighted by atomic mass is 9.74. The van der Waals surface area contributed by atoms with Crippen molar-refractivity contribution >= 4 is 190 Å². The number of anilines is 9. The number of rotatable bonds is 3. The van der Waals surface area contributed by atoms with Crippen LogP contribution in [0.1, 0.15) is 197 Å². The number of halogens is 2. The van der Waals surface area contributed by atoms with Gasteiger partial charge in [0.1, 0.15) is 51.3 Å². The second kappa shape index (κ2) is 31.0. The van der Waals surface area contributed by atoms with E-state index in [4.69, 9.17) is 47.7 Å². The molecule has 9 aliphatic carbocycles. The number of carbonyl (C=O) groups excluding carboxylic acids is 3. The lowest BCUT2D eigenvalue weighted by Crippen LogP contribution is -2.53. The Labute approximate surface area is 821 Å². The number of nitrogens with zero attached hydrogens (tertiary/aromatic N) is 3. The van der Waals surface area contributed by atoms with Gasteiger partial charge in [0, 0.05) is 145 Å². The molecule has 0 amide bonds. The van der Waals surface area contributed by atoms with Crippen molar-refractivity contribution in [3.63, 3.8) is 0 Å². The molecular weight excluding hydrogens is 1780 g/mol. The van der Waals surface area contributed by atoms with Crippen LogP contribution in [0.2, 0.25) is 10.0 Å². The van der Waals surface area contributed by atoms with Crippen molar-refractivity contribution in [2.45, 2.75) is 218 Å². The normalized spacial score (nSPS) is 29.4. The van der Waals surface area contributed by atoms with E-state index in [-0.39, 0.29) is 51.6 Å². The summed E-state index contributed by atoms with van der Waals surface area (Å²) in [5.41, 5.74) is 16.4. The van der Waals surface area contributed by atoms with Gasteiger partial charge in [-0.25, -0.2) is 0 Å². The minimum Gasteiger partial charge on any atom is -0.506 e. The Balaban J connectivity index is 0.000000106. The SMILES string of the molecule is CC1CC(C)CC2(C1)N=c1/c(=C3/C(=O)C(c4cc5c6c(ccc7c6c4NC4(CC(C)CC(C)C4)N7)CC5)=C3O)cc3c4c(ccc(c14)N2)CC3.CC1CC(C)CC2(C1)N=c1/c(=C3/C(=O)C(c4ccc5c(Cl)ccc6c5c4NC4(CC(C)CC(C)C4)N6)=C3O)ccc3c(Cl)ccc(c13)N2.O=C1C(c2ccc3cccc4c3c2NC2(CCOCC2)N4)=C(O)C1=c1ccc2cccc3c2c1=NC1(CCOCC1)N3. The van der Waals surface area contributed by atoms with Gasteiger partial charge >= 0.3 is 0 Å². The number of aliphatic hydroxyl groups excluding tert-OH is 3. The zero-order chi connectivity index (χ0) is 95.2. The van der Waals surface area contributed by atoms with E-state index in [1.807, 2.05) is 84.9 Å². The maximum absolute atomic E-state index is 14.8. The molecule has 6 spiro atoms. The van der Waals surface area contributed by atoms with E-state index >= 15 is 0 Å². The summed E-state index contributed by atoms with van der Waals surface area (Å²) in [7, 11) is 0. The molecule has 22 heteroatoms. The molecule has 8 heterocycles. The molecule has 17 aliphatic rings. The first-order chi connectivity index (χ1) is 67.6. The summed E-state index contributed by atoms with van der Waals surface area (Å²) in [6.45, 7) is 21.1. The Hall–Kier alpha value is -12.5. The maximum atomic E-state index is 14.8. The number of nitrogens with one attached hydrogen (secondary N) is 9. The van der Waals surface area contributed by atoms with Crippen LogP contribution in [0.25, 0.3) is 98.1 Å². The molecule has 6 fully saturated rings. The lowest BCUT2D eigenvalue weighted by molar-refractivity contribution is -0.110. The molecule has 140 heavy (non-hydrogen) atoms. The Morgan fingerprint density at radius 1 is 0.307 bits per heavy atom. The van der Waals surface area contributed by atoms with Gasteiger partial charge in [-0.1, -0.05) is 164 Å². The van der Waals surface area contributed by atoms with Gasteiger partial charge < -0.3 is 72.6 Å². The first-order valence-corrected chi connectivity index (χ1v) is 52.1. The van der Waals surface area contributed by atoms with E-state index < -0.39 is 17.0 Å². The number of benzene rings is 12. The summed E-state index contributed by atoms with van der Waals surface area (Å²) in [5, 5.41) is 89.0. The second-order valence-electron chi connectivity index (χ2n) is 45.4. The summed E-state index contributed by atoms with van der Waals surface area (Å²) in [4.78, 5) is 59.7.